The highest BCUT2D eigenvalue weighted by molar-refractivity contribution is 6.31. The van der Waals surface area contributed by atoms with Crippen molar-refractivity contribution in [2.75, 3.05) is 0 Å². The fourth-order valence-corrected chi connectivity index (χ4v) is 6.98. The van der Waals surface area contributed by atoms with E-state index in [4.69, 9.17) is 4.74 Å². The van der Waals surface area contributed by atoms with E-state index in [0.717, 1.165) is 16.7 Å². The predicted octanol–water partition coefficient (Wildman–Crippen LogP) is 10.9. The molecule has 1 unspecified atom stereocenters. The van der Waals surface area contributed by atoms with Gasteiger partial charge in [-0.05, 0) is 83.4 Å². The van der Waals surface area contributed by atoms with Crippen LogP contribution in [0.2, 0.25) is 0 Å². The molecule has 0 N–H and O–H groups in total. The summed E-state index contributed by atoms with van der Waals surface area (Å²) in [5.41, 5.74) is 9.30. The molecule has 0 fully saturated rings. The van der Waals surface area contributed by atoms with Crippen molar-refractivity contribution in [3.63, 3.8) is 0 Å². The largest absolute Gasteiger partial charge is 0.457 e. The van der Waals surface area contributed by atoms with Crippen molar-refractivity contribution in [3.8, 4) is 33.4 Å². The number of allylic oxidation sites excluding steroid dienone is 2. The second-order valence-corrected chi connectivity index (χ2v) is 11.5. The highest BCUT2D eigenvalue weighted by Gasteiger charge is 2.25. The third kappa shape index (κ3) is 4.30. The van der Waals surface area contributed by atoms with E-state index >= 15 is 0 Å². The van der Waals surface area contributed by atoms with Crippen molar-refractivity contribution < 1.29 is 9.53 Å². The third-order valence-corrected chi connectivity index (χ3v) is 8.88. The number of rotatable bonds is 5. The summed E-state index contributed by atoms with van der Waals surface area (Å²) in [5, 5.41) is 7.34. The SMILES string of the molecule is CC(=O)OC1CC=CC=C1c1cc(-c2ccccc2)c2ccc3c(-c4ccccc4)cc(-c4ccccc4)c4ccc1c2c43. The minimum Gasteiger partial charge on any atom is -0.457 e. The minimum atomic E-state index is -0.334. The Morgan fingerprint density at radius 1 is 0.568 bits per heavy atom. The summed E-state index contributed by atoms with van der Waals surface area (Å²) in [5.74, 6) is -0.266. The Balaban J connectivity index is 1.55. The van der Waals surface area contributed by atoms with Crippen molar-refractivity contribution in [1.29, 1.82) is 0 Å². The van der Waals surface area contributed by atoms with Gasteiger partial charge in [0.2, 0.25) is 0 Å². The lowest BCUT2D eigenvalue weighted by atomic mass is 9.81. The molecular formula is C42H30O2. The molecule has 0 radical (unpaired) electrons. The van der Waals surface area contributed by atoms with Crippen LogP contribution in [0, 0.1) is 0 Å². The Morgan fingerprint density at radius 2 is 0.977 bits per heavy atom. The van der Waals surface area contributed by atoms with Gasteiger partial charge < -0.3 is 4.74 Å². The Labute approximate surface area is 256 Å². The molecule has 1 aliphatic rings. The molecule has 0 saturated carbocycles. The van der Waals surface area contributed by atoms with Crippen LogP contribution in [-0.2, 0) is 9.53 Å². The number of carbonyl (C=O) groups excluding carboxylic acids is 1. The van der Waals surface area contributed by atoms with Crippen LogP contribution < -0.4 is 0 Å². The Morgan fingerprint density at radius 3 is 1.41 bits per heavy atom. The maximum Gasteiger partial charge on any atom is 0.303 e. The zero-order valence-corrected chi connectivity index (χ0v) is 24.5. The molecule has 2 heteroatoms. The molecule has 0 heterocycles. The zero-order chi connectivity index (χ0) is 29.6. The number of ether oxygens (including phenoxy) is 1. The summed E-state index contributed by atoms with van der Waals surface area (Å²) in [4.78, 5) is 12.2. The average Bonchev–Trinajstić information content (AvgIpc) is 3.08. The van der Waals surface area contributed by atoms with Gasteiger partial charge in [-0.25, -0.2) is 0 Å². The van der Waals surface area contributed by atoms with Gasteiger partial charge in [-0.2, -0.15) is 0 Å². The van der Waals surface area contributed by atoms with Crippen LogP contribution in [0.15, 0.2) is 146 Å². The second-order valence-electron chi connectivity index (χ2n) is 11.5. The fourth-order valence-electron chi connectivity index (χ4n) is 6.98. The number of esters is 1. The summed E-state index contributed by atoms with van der Waals surface area (Å²) >= 11 is 0. The highest BCUT2D eigenvalue weighted by Crippen LogP contribution is 2.48. The van der Waals surface area contributed by atoms with E-state index in [1.165, 1.54) is 67.1 Å². The smallest absolute Gasteiger partial charge is 0.303 e. The van der Waals surface area contributed by atoms with Gasteiger partial charge in [-0.15, -0.1) is 0 Å². The Hall–Kier alpha value is -5.47. The van der Waals surface area contributed by atoms with Gasteiger partial charge in [0.25, 0.3) is 0 Å². The van der Waals surface area contributed by atoms with Crippen molar-refractivity contribution in [1.82, 2.24) is 0 Å². The first-order valence-corrected chi connectivity index (χ1v) is 15.2. The van der Waals surface area contributed by atoms with Crippen LogP contribution in [0.5, 0.6) is 0 Å². The average molecular weight is 567 g/mol. The number of carbonyl (C=O) groups is 1. The van der Waals surface area contributed by atoms with E-state index in [1.807, 2.05) is 0 Å². The normalized spacial score (nSPS) is 14.8. The van der Waals surface area contributed by atoms with Crippen molar-refractivity contribution in [2.24, 2.45) is 0 Å². The van der Waals surface area contributed by atoms with Crippen LogP contribution in [0.4, 0.5) is 0 Å². The highest BCUT2D eigenvalue weighted by atomic mass is 16.5. The van der Waals surface area contributed by atoms with E-state index in [-0.39, 0.29) is 12.1 Å². The van der Waals surface area contributed by atoms with Crippen molar-refractivity contribution in [3.05, 3.63) is 151 Å². The quantitative estimate of drug-likeness (QED) is 0.153. The Bertz CT molecular complexity index is 2170. The molecule has 2 nitrogen and oxygen atoms in total. The molecule has 1 atom stereocenters. The summed E-state index contributed by atoms with van der Waals surface area (Å²) in [7, 11) is 0. The van der Waals surface area contributed by atoms with Crippen molar-refractivity contribution in [2.45, 2.75) is 19.4 Å². The van der Waals surface area contributed by atoms with E-state index in [9.17, 15) is 4.79 Å². The van der Waals surface area contributed by atoms with E-state index in [0.29, 0.717) is 6.42 Å². The molecule has 7 aromatic rings. The first kappa shape index (κ1) is 26.2. The first-order valence-electron chi connectivity index (χ1n) is 15.2. The van der Waals surface area contributed by atoms with Crippen LogP contribution in [0.3, 0.4) is 0 Å². The standard InChI is InChI=1S/C42H30O2/c1-27(43)44-40-20-12-11-19-31(40)39-26-38(30-17-9-4-10-18-30)34-22-21-32-36(28-13-5-2-6-14-28)25-37(29-15-7-3-8-16-29)33-23-24-35(39)42(34)41(32)33/h2-19,21-26,40H,20H2,1H3. The molecule has 0 bridgehead atoms. The molecule has 0 aliphatic heterocycles. The maximum atomic E-state index is 12.2. The van der Waals surface area contributed by atoms with Crippen LogP contribution in [0.25, 0.3) is 71.3 Å². The number of hydrogen-bond donors (Lipinski definition) is 0. The topological polar surface area (TPSA) is 26.3 Å². The van der Waals surface area contributed by atoms with E-state index in [2.05, 4.69) is 146 Å². The van der Waals surface area contributed by atoms with Gasteiger partial charge in [0.05, 0.1) is 0 Å². The van der Waals surface area contributed by atoms with Gasteiger partial charge in [-0.3, -0.25) is 4.79 Å². The number of hydrogen-bond acceptors (Lipinski definition) is 2. The lowest BCUT2D eigenvalue weighted by Gasteiger charge is -2.25. The van der Waals surface area contributed by atoms with Gasteiger partial charge in [-0.1, -0.05) is 133 Å². The molecule has 0 aromatic heterocycles. The monoisotopic (exact) mass is 566 g/mol. The Kier molecular flexibility index (Phi) is 6.34. The maximum absolute atomic E-state index is 12.2. The molecule has 0 spiro atoms. The van der Waals surface area contributed by atoms with E-state index < -0.39 is 0 Å². The molecule has 7 aromatic carbocycles. The lowest BCUT2D eigenvalue weighted by Crippen LogP contribution is -2.19. The number of benzene rings is 7. The molecule has 1 aliphatic carbocycles. The van der Waals surface area contributed by atoms with Crippen LogP contribution in [-0.4, -0.2) is 12.1 Å². The van der Waals surface area contributed by atoms with Crippen molar-refractivity contribution >= 4 is 43.9 Å². The second kappa shape index (κ2) is 10.7. The van der Waals surface area contributed by atoms with Gasteiger partial charge in [0.15, 0.2) is 0 Å². The van der Waals surface area contributed by atoms with Gasteiger partial charge >= 0.3 is 5.97 Å². The lowest BCUT2D eigenvalue weighted by molar-refractivity contribution is -0.143. The summed E-state index contributed by atoms with van der Waals surface area (Å²) in [6, 6.07) is 45.8. The van der Waals surface area contributed by atoms with Gasteiger partial charge in [0.1, 0.15) is 6.10 Å². The minimum absolute atomic E-state index is 0.266. The molecule has 0 saturated heterocycles. The zero-order valence-electron chi connectivity index (χ0n) is 24.5. The third-order valence-electron chi connectivity index (χ3n) is 8.88. The summed E-state index contributed by atoms with van der Waals surface area (Å²) in [6.07, 6.45) is 6.59. The molecule has 8 rings (SSSR count). The van der Waals surface area contributed by atoms with Crippen LogP contribution >= 0.6 is 0 Å². The summed E-state index contributed by atoms with van der Waals surface area (Å²) < 4.78 is 5.89. The van der Waals surface area contributed by atoms with Gasteiger partial charge in [0, 0.05) is 18.9 Å². The molecule has 0 amide bonds. The van der Waals surface area contributed by atoms with Crippen LogP contribution in [0.1, 0.15) is 18.9 Å². The summed E-state index contributed by atoms with van der Waals surface area (Å²) in [6.45, 7) is 1.49. The van der Waals surface area contributed by atoms with E-state index in [1.54, 1.807) is 0 Å². The molecular weight excluding hydrogens is 536 g/mol. The molecule has 210 valence electrons. The first-order chi connectivity index (χ1) is 21.7. The predicted molar refractivity (Wildman–Crippen MR) is 184 cm³/mol. The fraction of sp³-hybridized carbons (Fsp3) is 0.0714. The molecule has 44 heavy (non-hydrogen) atoms.